The fourth-order valence-electron chi connectivity index (χ4n) is 2.26. The number of benzene rings is 1. The predicted octanol–water partition coefficient (Wildman–Crippen LogP) is 2.21. The fourth-order valence-corrected chi connectivity index (χ4v) is 2.26. The normalized spacial score (nSPS) is 12.3. The summed E-state index contributed by atoms with van der Waals surface area (Å²) in [6.45, 7) is 8.79. The van der Waals surface area contributed by atoms with Crippen molar-refractivity contribution in [1.29, 1.82) is 0 Å². The second kappa shape index (κ2) is 15.8. The summed E-state index contributed by atoms with van der Waals surface area (Å²) in [5.74, 6) is 2.26. The van der Waals surface area contributed by atoms with Crippen molar-refractivity contribution >= 4 is 29.9 Å². The van der Waals surface area contributed by atoms with E-state index >= 15 is 0 Å². The highest BCUT2D eigenvalue weighted by Gasteiger charge is 2.08. The molecule has 1 aromatic carbocycles. The van der Waals surface area contributed by atoms with Crippen molar-refractivity contribution in [2.75, 3.05) is 60.6 Å². The largest absolute Gasteiger partial charge is 0.493 e. The number of hydrogen-bond donors (Lipinski definition) is 2. The Labute approximate surface area is 180 Å². The van der Waals surface area contributed by atoms with E-state index in [0.717, 1.165) is 50.2 Å². The second-order valence-electron chi connectivity index (χ2n) is 6.02. The third-order valence-electron chi connectivity index (χ3n) is 3.71. The van der Waals surface area contributed by atoms with E-state index in [1.165, 1.54) is 0 Å². The van der Waals surface area contributed by atoms with Gasteiger partial charge in [0, 0.05) is 33.3 Å². The zero-order valence-electron chi connectivity index (χ0n) is 17.2. The van der Waals surface area contributed by atoms with Crippen LogP contribution in [0.2, 0.25) is 0 Å². The molecule has 1 atom stereocenters. The quantitative estimate of drug-likeness (QED) is 0.264. The summed E-state index contributed by atoms with van der Waals surface area (Å²) in [6.07, 6.45) is -0.0638. The maximum absolute atomic E-state index is 5.94. The molecule has 0 radical (unpaired) electrons. The first kappa shape index (κ1) is 25.7. The number of nitrogens with zero attached hydrogens (tertiary/aromatic N) is 2. The van der Waals surface area contributed by atoms with Gasteiger partial charge in [-0.2, -0.15) is 0 Å². The van der Waals surface area contributed by atoms with Crippen molar-refractivity contribution in [2.24, 2.45) is 4.99 Å². The van der Waals surface area contributed by atoms with E-state index in [0.29, 0.717) is 6.54 Å². The molecule has 0 aliphatic heterocycles. The minimum absolute atomic E-state index is 0. The van der Waals surface area contributed by atoms with Gasteiger partial charge >= 0.3 is 0 Å². The van der Waals surface area contributed by atoms with Gasteiger partial charge in [0.05, 0.1) is 20.3 Å². The third kappa shape index (κ3) is 11.2. The number of aliphatic imine (C=N–C) groups is 1. The Balaban J connectivity index is 0.00000676. The van der Waals surface area contributed by atoms with Crippen LogP contribution in [0.4, 0.5) is 0 Å². The highest BCUT2D eigenvalue weighted by molar-refractivity contribution is 14.0. The predicted molar refractivity (Wildman–Crippen MR) is 122 cm³/mol. The van der Waals surface area contributed by atoms with Crippen molar-refractivity contribution in [2.45, 2.75) is 20.0 Å². The van der Waals surface area contributed by atoms with Gasteiger partial charge < -0.3 is 29.7 Å². The summed E-state index contributed by atoms with van der Waals surface area (Å²) in [6, 6.07) is 7.64. The molecule has 1 unspecified atom stereocenters. The van der Waals surface area contributed by atoms with Gasteiger partial charge in [-0.25, -0.2) is 4.99 Å². The number of ether oxygens (including phenoxy) is 3. The lowest BCUT2D eigenvalue weighted by atomic mass is 10.3. The van der Waals surface area contributed by atoms with E-state index in [9.17, 15) is 0 Å². The maximum Gasteiger partial charge on any atom is 0.191 e. The Bertz CT molecular complexity index is 531. The molecule has 156 valence electrons. The number of likely N-dealkylation sites (N-methyl/N-ethyl adjacent to an activating group) is 1. The summed E-state index contributed by atoms with van der Waals surface area (Å²) in [7, 11) is 5.44. The molecule has 1 rings (SSSR count). The summed E-state index contributed by atoms with van der Waals surface area (Å²) in [4.78, 5) is 6.83. The molecule has 27 heavy (non-hydrogen) atoms. The molecule has 8 heteroatoms. The van der Waals surface area contributed by atoms with Crippen LogP contribution in [0.25, 0.3) is 0 Å². The molecule has 1 aromatic rings. The smallest absolute Gasteiger partial charge is 0.191 e. The van der Waals surface area contributed by atoms with E-state index in [2.05, 4.69) is 34.5 Å². The number of rotatable bonds is 12. The van der Waals surface area contributed by atoms with Crippen molar-refractivity contribution in [3.63, 3.8) is 0 Å². The van der Waals surface area contributed by atoms with Crippen LogP contribution in [0.15, 0.2) is 29.3 Å². The number of methoxy groups -OCH3 is 2. The molecular weight excluding hydrogens is 459 g/mol. The number of hydrogen-bond acceptors (Lipinski definition) is 5. The standard InChI is InChI=1S/C19H34N4O3.HI/c1-6-20-19(21-11-12-23(3)13-14-24-4)22-15-16(2)26-18-10-8-7-9-17(18)25-5;/h7-10,16H,6,11-15H2,1-5H3,(H2,20,21,22);1H. The SMILES string of the molecule is CCNC(=NCC(C)Oc1ccccc1OC)NCCN(C)CCOC.I. The molecule has 0 spiro atoms. The molecule has 0 heterocycles. The van der Waals surface area contributed by atoms with Gasteiger partial charge in [0.15, 0.2) is 17.5 Å². The molecule has 2 N–H and O–H groups in total. The highest BCUT2D eigenvalue weighted by Crippen LogP contribution is 2.26. The highest BCUT2D eigenvalue weighted by atomic mass is 127. The zero-order chi connectivity index (χ0) is 19.2. The molecule has 0 aromatic heterocycles. The molecule has 7 nitrogen and oxygen atoms in total. The van der Waals surface area contributed by atoms with E-state index in [1.807, 2.05) is 31.2 Å². The topological polar surface area (TPSA) is 67.4 Å². The van der Waals surface area contributed by atoms with Crippen LogP contribution in [0.5, 0.6) is 11.5 Å². The molecule has 0 amide bonds. The second-order valence-corrected chi connectivity index (χ2v) is 6.02. The Morgan fingerprint density at radius 1 is 1.15 bits per heavy atom. The Hall–Kier alpha value is -1.26. The molecule has 0 fully saturated rings. The summed E-state index contributed by atoms with van der Waals surface area (Å²) in [5.41, 5.74) is 0. The van der Waals surface area contributed by atoms with Crippen LogP contribution < -0.4 is 20.1 Å². The molecular formula is C19H35IN4O3. The first-order valence-corrected chi connectivity index (χ1v) is 9.10. The zero-order valence-corrected chi connectivity index (χ0v) is 19.5. The first-order chi connectivity index (χ1) is 12.6. The van der Waals surface area contributed by atoms with E-state index in [-0.39, 0.29) is 30.1 Å². The van der Waals surface area contributed by atoms with Crippen LogP contribution in [0, 0.1) is 0 Å². The van der Waals surface area contributed by atoms with Crippen LogP contribution in [-0.2, 0) is 4.74 Å². The average Bonchev–Trinajstić information content (AvgIpc) is 2.64. The lowest BCUT2D eigenvalue weighted by molar-refractivity contribution is 0.162. The molecule has 0 saturated heterocycles. The van der Waals surface area contributed by atoms with Crippen molar-refractivity contribution < 1.29 is 14.2 Å². The minimum atomic E-state index is -0.0638. The summed E-state index contributed by atoms with van der Waals surface area (Å²) < 4.78 is 16.3. The van der Waals surface area contributed by atoms with Gasteiger partial charge in [-0.1, -0.05) is 12.1 Å². The van der Waals surface area contributed by atoms with E-state index < -0.39 is 0 Å². The van der Waals surface area contributed by atoms with Crippen LogP contribution >= 0.6 is 24.0 Å². The minimum Gasteiger partial charge on any atom is -0.493 e. The van der Waals surface area contributed by atoms with E-state index in [1.54, 1.807) is 14.2 Å². The number of halogens is 1. The summed E-state index contributed by atoms with van der Waals surface area (Å²) in [5, 5.41) is 6.60. The lowest BCUT2D eigenvalue weighted by Gasteiger charge is -2.19. The molecule has 0 aliphatic carbocycles. The van der Waals surface area contributed by atoms with Gasteiger partial charge in [-0.05, 0) is 33.0 Å². The lowest BCUT2D eigenvalue weighted by Crippen LogP contribution is -2.41. The van der Waals surface area contributed by atoms with Crippen molar-refractivity contribution in [1.82, 2.24) is 15.5 Å². The molecule has 0 aliphatic rings. The number of guanidine groups is 1. The van der Waals surface area contributed by atoms with Crippen molar-refractivity contribution in [3.8, 4) is 11.5 Å². The van der Waals surface area contributed by atoms with Gasteiger partial charge in [-0.15, -0.1) is 24.0 Å². The average molecular weight is 494 g/mol. The molecule has 0 saturated carbocycles. The van der Waals surface area contributed by atoms with Crippen molar-refractivity contribution in [3.05, 3.63) is 24.3 Å². The monoisotopic (exact) mass is 494 g/mol. The Kier molecular flexibility index (Phi) is 15.0. The van der Waals surface area contributed by atoms with Gasteiger partial charge in [0.2, 0.25) is 0 Å². The summed E-state index contributed by atoms with van der Waals surface area (Å²) >= 11 is 0. The Morgan fingerprint density at radius 2 is 1.85 bits per heavy atom. The van der Waals surface area contributed by atoms with Gasteiger partial charge in [0.1, 0.15) is 6.10 Å². The van der Waals surface area contributed by atoms with Crippen LogP contribution in [0.1, 0.15) is 13.8 Å². The van der Waals surface area contributed by atoms with Gasteiger partial charge in [-0.3, -0.25) is 0 Å². The molecule has 0 bridgehead atoms. The fraction of sp³-hybridized carbons (Fsp3) is 0.632. The third-order valence-corrected chi connectivity index (χ3v) is 3.71. The maximum atomic E-state index is 5.94. The number of para-hydroxylation sites is 2. The van der Waals surface area contributed by atoms with Crippen LogP contribution in [0.3, 0.4) is 0 Å². The Morgan fingerprint density at radius 3 is 2.48 bits per heavy atom. The number of nitrogens with one attached hydrogen (secondary N) is 2. The first-order valence-electron chi connectivity index (χ1n) is 9.10. The van der Waals surface area contributed by atoms with Crippen LogP contribution in [-0.4, -0.2) is 77.6 Å². The van der Waals surface area contributed by atoms with Gasteiger partial charge in [0.25, 0.3) is 0 Å². The van der Waals surface area contributed by atoms with E-state index in [4.69, 9.17) is 14.2 Å².